The molecule has 34 heavy (non-hydrogen) atoms. The Kier molecular flexibility index (Phi) is 7.53. The standard InChI is InChI=1S/C25H29FN4O3.ClH/c1-15(2)14-30-20-13-18(29-9-7-28(3)8-10-29)12-19(16-5-4-6-17(26)11-16)21(20)23(31)22(24(27)32)25(30)33;/h4-6,11-13,15,31H,7-10,14H2,1-3H3,(H2,27,32);1H. The summed E-state index contributed by atoms with van der Waals surface area (Å²) < 4.78 is 15.7. The molecule has 0 aliphatic carbocycles. The molecular weight excluding hydrogens is 459 g/mol. The Morgan fingerprint density at radius 2 is 1.82 bits per heavy atom. The Morgan fingerprint density at radius 3 is 2.41 bits per heavy atom. The number of fused-ring (bicyclic) bond motifs is 1. The summed E-state index contributed by atoms with van der Waals surface area (Å²) in [6, 6.07) is 9.82. The second-order valence-electron chi connectivity index (χ2n) is 9.09. The van der Waals surface area contributed by atoms with Gasteiger partial charge in [-0.1, -0.05) is 26.0 Å². The normalized spacial score (nSPS) is 14.4. The largest absolute Gasteiger partial charge is 0.506 e. The number of nitrogens with zero attached hydrogens (tertiary/aromatic N) is 3. The number of anilines is 1. The highest BCUT2D eigenvalue weighted by Gasteiger charge is 2.25. The number of pyridine rings is 1. The van der Waals surface area contributed by atoms with Crippen LogP contribution in [0.4, 0.5) is 10.1 Å². The van der Waals surface area contributed by atoms with Crippen LogP contribution in [0.1, 0.15) is 24.2 Å². The summed E-state index contributed by atoms with van der Waals surface area (Å²) in [5.41, 5.74) is 6.86. The molecule has 2 heterocycles. The van der Waals surface area contributed by atoms with E-state index in [1.807, 2.05) is 26.0 Å². The molecule has 1 aliphatic heterocycles. The van der Waals surface area contributed by atoms with Crippen molar-refractivity contribution in [3.05, 3.63) is 58.1 Å². The van der Waals surface area contributed by atoms with E-state index in [0.29, 0.717) is 28.6 Å². The number of aromatic nitrogens is 1. The first-order valence-corrected chi connectivity index (χ1v) is 11.1. The topological polar surface area (TPSA) is 91.8 Å². The molecule has 0 bridgehead atoms. The molecule has 0 saturated carbocycles. The number of primary amides is 1. The van der Waals surface area contributed by atoms with Gasteiger partial charge < -0.3 is 25.2 Å². The molecule has 182 valence electrons. The second-order valence-corrected chi connectivity index (χ2v) is 9.09. The van der Waals surface area contributed by atoms with Crippen molar-refractivity contribution in [1.29, 1.82) is 0 Å². The average molecular weight is 489 g/mol. The third-order valence-corrected chi connectivity index (χ3v) is 6.12. The minimum atomic E-state index is -0.995. The molecule has 0 spiro atoms. The number of aromatic hydroxyl groups is 1. The molecule has 3 N–H and O–H groups in total. The van der Waals surface area contributed by atoms with Gasteiger partial charge in [0.25, 0.3) is 11.5 Å². The van der Waals surface area contributed by atoms with E-state index in [1.54, 1.807) is 12.1 Å². The molecule has 0 atom stereocenters. The molecule has 1 amide bonds. The first-order chi connectivity index (χ1) is 15.7. The molecule has 1 aliphatic rings. The number of hydrogen-bond acceptors (Lipinski definition) is 5. The maximum Gasteiger partial charge on any atom is 0.267 e. The lowest BCUT2D eigenvalue weighted by Crippen LogP contribution is -2.44. The van der Waals surface area contributed by atoms with Gasteiger partial charge in [0.2, 0.25) is 0 Å². The average Bonchev–Trinajstić information content (AvgIpc) is 2.76. The van der Waals surface area contributed by atoms with E-state index in [9.17, 15) is 19.1 Å². The van der Waals surface area contributed by atoms with Gasteiger partial charge in [-0.25, -0.2) is 4.39 Å². The van der Waals surface area contributed by atoms with Crippen molar-refractivity contribution < 1.29 is 14.3 Å². The fourth-order valence-corrected chi connectivity index (χ4v) is 4.44. The van der Waals surface area contributed by atoms with Crippen LogP contribution in [0.25, 0.3) is 22.0 Å². The van der Waals surface area contributed by atoms with Gasteiger partial charge >= 0.3 is 0 Å². The number of carbonyl (C=O) groups excluding carboxylic acids is 1. The van der Waals surface area contributed by atoms with Gasteiger partial charge in [0, 0.05) is 43.8 Å². The van der Waals surface area contributed by atoms with Crippen LogP contribution in [0.3, 0.4) is 0 Å². The Morgan fingerprint density at radius 1 is 1.15 bits per heavy atom. The van der Waals surface area contributed by atoms with Crippen molar-refractivity contribution in [2.45, 2.75) is 20.4 Å². The van der Waals surface area contributed by atoms with Gasteiger partial charge in [0.1, 0.15) is 17.1 Å². The zero-order valence-electron chi connectivity index (χ0n) is 19.5. The molecule has 0 radical (unpaired) electrons. The van der Waals surface area contributed by atoms with Crippen LogP contribution in [0.15, 0.2) is 41.2 Å². The van der Waals surface area contributed by atoms with Crippen molar-refractivity contribution in [3.8, 4) is 16.9 Å². The van der Waals surface area contributed by atoms with E-state index in [4.69, 9.17) is 5.73 Å². The Bertz CT molecular complexity index is 1280. The third kappa shape index (κ3) is 4.74. The number of likely N-dealkylation sites (N-methyl/N-ethyl adjacent to an activating group) is 1. The molecule has 7 nitrogen and oxygen atoms in total. The molecule has 2 aromatic carbocycles. The summed E-state index contributed by atoms with van der Waals surface area (Å²) in [6.45, 7) is 7.63. The van der Waals surface area contributed by atoms with Gasteiger partial charge in [-0.2, -0.15) is 0 Å². The Hall–Kier alpha value is -3.10. The van der Waals surface area contributed by atoms with E-state index >= 15 is 0 Å². The highest BCUT2D eigenvalue weighted by Crippen LogP contribution is 2.39. The maximum atomic E-state index is 14.2. The first-order valence-electron chi connectivity index (χ1n) is 11.1. The van der Waals surface area contributed by atoms with Crippen LogP contribution in [0.2, 0.25) is 0 Å². The van der Waals surface area contributed by atoms with Crippen LogP contribution < -0.4 is 16.2 Å². The molecule has 9 heteroatoms. The monoisotopic (exact) mass is 488 g/mol. The lowest BCUT2D eigenvalue weighted by Gasteiger charge is -2.34. The fourth-order valence-electron chi connectivity index (χ4n) is 4.44. The number of rotatable bonds is 5. The summed E-state index contributed by atoms with van der Waals surface area (Å²) in [5.74, 6) is -1.78. The van der Waals surface area contributed by atoms with Gasteiger partial charge in [-0.15, -0.1) is 12.4 Å². The van der Waals surface area contributed by atoms with E-state index in [1.165, 1.54) is 16.7 Å². The van der Waals surface area contributed by atoms with E-state index in [2.05, 4.69) is 16.8 Å². The summed E-state index contributed by atoms with van der Waals surface area (Å²) >= 11 is 0. The number of piperazine rings is 1. The van der Waals surface area contributed by atoms with Gasteiger partial charge in [0.05, 0.1) is 5.52 Å². The van der Waals surface area contributed by atoms with Crippen molar-refractivity contribution in [3.63, 3.8) is 0 Å². The van der Waals surface area contributed by atoms with E-state index in [0.717, 1.165) is 31.9 Å². The molecular formula is C25H30ClFN4O3. The van der Waals surface area contributed by atoms with Crippen molar-refractivity contribution in [2.24, 2.45) is 11.7 Å². The summed E-state index contributed by atoms with van der Waals surface area (Å²) in [6.07, 6.45) is 0. The lowest BCUT2D eigenvalue weighted by molar-refractivity contribution is 0.0996. The number of halogens is 2. The zero-order valence-corrected chi connectivity index (χ0v) is 20.4. The fraction of sp³-hybridized carbons (Fsp3) is 0.360. The van der Waals surface area contributed by atoms with Crippen LogP contribution in [0, 0.1) is 11.7 Å². The summed E-state index contributed by atoms with van der Waals surface area (Å²) in [7, 11) is 2.07. The van der Waals surface area contributed by atoms with Crippen molar-refractivity contribution in [2.75, 3.05) is 38.1 Å². The molecule has 1 fully saturated rings. The van der Waals surface area contributed by atoms with Crippen molar-refractivity contribution >= 4 is 34.9 Å². The van der Waals surface area contributed by atoms with E-state index in [-0.39, 0.29) is 18.3 Å². The van der Waals surface area contributed by atoms with Gasteiger partial charge in [-0.3, -0.25) is 9.59 Å². The predicted molar refractivity (Wildman–Crippen MR) is 136 cm³/mol. The second kappa shape index (κ2) is 10.0. The molecule has 0 unspecified atom stereocenters. The van der Waals surface area contributed by atoms with Gasteiger partial charge in [-0.05, 0) is 48.4 Å². The number of carbonyl (C=O) groups is 1. The van der Waals surface area contributed by atoms with Crippen LogP contribution >= 0.6 is 12.4 Å². The number of nitrogens with two attached hydrogens (primary N) is 1. The summed E-state index contributed by atoms with van der Waals surface area (Å²) in [5, 5.41) is 11.4. The minimum Gasteiger partial charge on any atom is -0.506 e. The predicted octanol–water partition coefficient (Wildman–Crippen LogP) is 3.44. The molecule has 1 aromatic heterocycles. The number of amides is 1. The lowest BCUT2D eigenvalue weighted by atomic mass is 9.96. The Balaban J connectivity index is 0.00000324. The van der Waals surface area contributed by atoms with Crippen molar-refractivity contribution in [1.82, 2.24) is 9.47 Å². The Labute approximate surface area is 204 Å². The quantitative estimate of drug-likeness (QED) is 0.574. The third-order valence-electron chi connectivity index (χ3n) is 6.12. The first kappa shape index (κ1) is 25.5. The van der Waals surface area contributed by atoms with Crippen LogP contribution in [-0.2, 0) is 6.54 Å². The zero-order chi connectivity index (χ0) is 23.9. The number of hydrogen-bond donors (Lipinski definition) is 2. The highest BCUT2D eigenvalue weighted by molar-refractivity contribution is 6.07. The van der Waals surface area contributed by atoms with Crippen LogP contribution in [0.5, 0.6) is 5.75 Å². The maximum absolute atomic E-state index is 14.2. The molecule has 1 saturated heterocycles. The smallest absolute Gasteiger partial charge is 0.267 e. The van der Waals surface area contributed by atoms with Gasteiger partial charge in [0.15, 0.2) is 0 Å². The molecule has 3 aromatic rings. The van der Waals surface area contributed by atoms with E-state index < -0.39 is 28.6 Å². The van der Waals surface area contributed by atoms with Crippen LogP contribution in [-0.4, -0.2) is 53.7 Å². The summed E-state index contributed by atoms with van der Waals surface area (Å²) in [4.78, 5) is 29.8. The minimum absolute atomic E-state index is 0. The highest BCUT2D eigenvalue weighted by atomic mass is 35.5. The number of benzene rings is 2. The SMILES string of the molecule is CC(C)Cn1c(=O)c(C(N)=O)c(O)c2c(-c3cccc(F)c3)cc(N3CCN(C)CC3)cc21.Cl. The molecule has 4 rings (SSSR count).